The van der Waals surface area contributed by atoms with E-state index in [1.165, 1.54) is 0 Å². The summed E-state index contributed by atoms with van der Waals surface area (Å²) in [7, 11) is 0. The van der Waals surface area contributed by atoms with Crippen molar-refractivity contribution in [1.29, 1.82) is 0 Å². The smallest absolute Gasteiger partial charge is 0.252 e. The normalized spacial score (nSPS) is 12.4. The molecule has 0 aliphatic carbocycles. The molecule has 0 bridgehead atoms. The van der Waals surface area contributed by atoms with Crippen molar-refractivity contribution in [2.24, 2.45) is 0 Å². The number of aliphatic hydroxyl groups is 1. The highest BCUT2D eigenvalue weighted by Crippen LogP contribution is 2.17. The number of carbonyl (C=O) groups is 1. The van der Waals surface area contributed by atoms with E-state index in [2.05, 4.69) is 10.3 Å². The number of hydrogen-bond acceptors (Lipinski definition) is 3. The van der Waals surface area contributed by atoms with Crippen LogP contribution in [0.15, 0.2) is 30.3 Å². The van der Waals surface area contributed by atoms with Gasteiger partial charge in [0.15, 0.2) is 0 Å². The van der Waals surface area contributed by atoms with Gasteiger partial charge in [-0.25, -0.2) is 0 Å². The van der Waals surface area contributed by atoms with Gasteiger partial charge in [-0.1, -0.05) is 18.2 Å². The van der Waals surface area contributed by atoms with Crippen LogP contribution in [0.3, 0.4) is 0 Å². The van der Waals surface area contributed by atoms with Crippen LogP contribution in [-0.4, -0.2) is 28.6 Å². The van der Waals surface area contributed by atoms with Crippen LogP contribution >= 0.6 is 0 Å². The maximum absolute atomic E-state index is 12.1. The van der Waals surface area contributed by atoms with Gasteiger partial charge in [-0.15, -0.1) is 0 Å². The lowest BCUT2D eigenvalue weighted by Gasteiger charge is -2.10. The summed E-state index contributed by atoms with van der Waals surface area (Å²) in [6, 6.07) is 9.30. The third-order valence-corrected chi connectivity index (χ3v) is 2.65. The Morgan fingerprint density at radius 1 is 1.44 bits per heavy atom. The Hall–Kier alpha value is -1.94. The minimum absolute atomic E-state index is 0.183. The minimum Gasteiger partial charge on any atom is -0.392 e. The van der Waals surface area contributed by atoms with Gasteiger partial charge in [0.2, 0.25) is 0 Å². The number of pyridine rings is 1. The number of aromatic nitrogens is 1. The van der Waals surface area contributed by atoms with Gasteiger partial charge in [0.25, 0.3) is 5.91 Å². The monoisotopic (exact) mass is 244 g/mol. The average molecular weight is 244 g/mol. The zero-order valence-electron chi connectivity index (χ0n) is 10.5. The standard InChI is InChI=1S/C14H16N2O2/c1-9-7-12(14(18)15-8-10(2)17)11-5-3-4-6-13(11)16-9/h3-7,10,17H,8H2,1-2H3,(H,15,18). The molecule has 0 aliphatic rings. The molecule has 0 fully saturated rings. The molecule has 4 nitrogen and oxygen atoms in total. The Kier molecular flexibility index (Phi) is 3.58. The van der Waals surface area contributed by atoms with Crippen molar-refractivity contribution in [3.63, 3.8) is 0 Å². The number of benzene rings is 1. The third-order valence-electron chi connectivity index (χ3n) is 2.65. The fourth-order valence-corrected chi connectivity index (χ4v) is 1.83. The topological polar surface area (TPSA) is 62.2 Å². The molecule has 1 unspecified atom stereocenters. The van der Waals surface area contributed by atoms with Gasteiger partial charge in [0.05, 0.1) is 17.2 Å². The largest absolute Gasteiger partial charge is 0.392 e. The Balaban J connectivity index is 2.40. The third kappa shape index (κ3) is 2.65. The molecule has 0 saturated heterocycles. The van der Waals surface area contributed by atoms with E-state index < -0.39 is 6.10 Å². The highest BCUT2D eigenvalue weighted by Gasteiger charge is 2.11. The van der Waals surface area contributed by atoms with Crippen LogP contribution in [0.25, 0.3) is 10.9 Å². The summed E-state index contributed by atoms with van der Waals surface area (Å²) in [6.07, 6.45) is -0.553. The van der Waals surface area contributed by atoms with Crippen molar-refractivity contribution >= 4 is 16.8 Å². The summed E-state index contributed by atoms with van der Waals surface area (Å²) < 4.78 is 0. The van der Waals surface area contributed by atoms with Crippen LogP contribution in [0.4, 0.5) is 0 Å². The average Bonchev–Trinajstić information content (AvgIpc) is 2.34. The molecule has 1 aromatic carbocycles. The fourth-order valence-electron chi connectivity index (χ4n) is 1.83. The molecular formula is C14H16N2O2. The van der Waals surface area contributed by atoms with E-state index in [4.69, 9.17) is 0 Å². The first-order chi connectivity index (χ1) is 8.58. The second-order valence-corrected chi connectivity index (χ2v) is 4.39. The number of aliphatic hydroxyl groups excluding tert-OH is 1. The van der Waals surface area contributed by atoms with Crippen molar-refractivity contribution in [2.45, 2.75) is 20.0 Å². The van der Waals surface area contributed by atoms with E-state index in [-0.39, 0.29) is 12.5 Å². The Morgan fingerprint density at radius 2 is 2.17 bits per heavy atom. The molecule has 18 heavy (non-hydrogen) atoms. The van der Waals surface area contributed by atoms with Crippen molar-refractivity contribution in [1.82, 2.24) is 10.3 Å². The van der Waals surface area contributed by atoms with Crippen LogP contribution in [0.1, 0.15) is 23.0 Å². The maximum atomic E-state index is 12.1. The lowest BCUT2D eigenvalue weighted by Crippen LogP contribution is -2.30. The van der Waals surface area contributed by atoms with Gasteiger partial charge >= 0.3 is 0 Å². The van der Waals surface area contributed by atoms with E-state index in [1.807, 2.05) is 31.2 Å². The Morgan fingerprint density at radius 3 is 2.89 bits per heavy atom. The van der Waals surface area contributed by atoms with E-state index >= 15 is 0 Å². The first kappa shape index (κ1) is 12.5. The van der Waals surface area contributed by atoms with Gasteiger partial charge in [0, 0.05) is 17.6 Å². The van der Waals surface area contributed by atoms with E-state index in [1.54, 1.807) is 13.0 Å². The number of fused-ring (bicyclic) bond motifs is 1. The number of hydrogen-bond donors (Lipinski definition) is 2. The molecule has 0 spiro atoms. The Bertz CT molecular complexity index is 579. The number of rotatable bonds is 3. The fraction of sp³-hybridized carbons (Fsp3) is 0.286. The van der Waals surface area contributed by atoms with Gasteiger partial charge in [-0.3, -0.25) is 9.78 Å². The van der Waals surface area contributed by atoms with Crippen LogP contribution in [0, 0.1) is 6.92 Å². The molecule has 0 saturated carbocycles. The highest BCUT2D eigenvalue weighted by atomic mass is 16.3. The molecule has 1 atom stereocenters. The number of para-hydroxylation sites is 1. The molecule has 94 valence electrons. The molecule has 4 heteroatoms. The first-order valence-electron chi connectivity index (χ1n) is 5.90. The number of amides is 1. The molecule has 1 heterocycles. The summed E-state index contributed by atoms with van der Waals surface area (Å²) in [5.74, 6) is -0.183. The second kappa shape index (κ2) is 5.14. The SMILES string of the molecule is Cc1cc(C(=O)NCC(C)O)c2ccccc2n1. The van der Waals surface area contributed by atoms with Gasteiger partial charge < -0.3 is 10.4 Å². The van der Waals surface area contributed by atoms with Crippen molar-refractivity contribution in [2.75, 3.05) is 6.54 Å². The number of nitrogens with zero attached hydrogens (tertiary/aromatic N) is 1. The lowest BCUT2D eigenvalue weighted by atomic mass is 10.1. The first-order valence-corrected chi connectivity index (χ1v) is 5.90. The zero-order valence-corrected chi connectivity index (χ0v) is 10.5. The number of aryl methyl sites for hydroxylation is 1. The number of nitrogens with one attached hydrogen (secondary N) is 1. The van der Waals surface area contributed by atoms with Gasteiger partial charge in [-0.2, -0.15) is 0 Å². The summed E-state index contributed by atoms with van der Waals surface area (Å²) in [4.78, 5) is 16.4. The molecule has 0 aliphatic heterocycles. The van der Waals surface area contributed by atoms with Gasteiger partial charge in [0.1, 0.15) is 0 Å². The van der Waals surface area contributed by atoms with Gasteiger partial charge in [-0.05, 0) is 26.0 Å². The van der Waals surface area contributed by atoms with E-state index in [9.17, 15) is 9.90 Å². The maximum Gasteiger partial charge on any atom is 0.252 e. The summed E-state index contributed by atoms with van der Waals surface area (Å²) >= 11 is 0. The van der Waals surface area contributed by atoms with Crippen LogP contribution < -0.4 is 5.32 Å². The Labute approximate surface area is 106 Å². The zero-order chi connectivity index (χ0) is 13.1. The van der Waals surface area contributed by atoms with Crippen LogP contribution in [0.2, 0.25) is 0 Å². The summed E-state index contributed by atoms with van der Waals surface area (Å²) in [5, 5.41) is 12.7. The van der Waals surface area contributed by atoms with Crippen molar-refractivity contribution in [3.05, 3.63) is 41.6 Å². The number of carbonyl (C=O) groups excluding carboxylic acids is 1. The van der Waals surface area contributed by atoms with Crippen molar-refractivity contribution in [3.8, 4) is 0 Å². The highest BCUT2D eigenvalue weighted by molar-refractivity contribution is 6.06. The molecular weight excluding hydrogens is 228 g/mol. The van der Waals surface area contributed by atoms with E-state index in [0.717, 1.165) is 16.6 Å². The van der Waals surface area contributed by atoms with Crippen LogP contribution in [-0.2, 0) is 0 Å². The quantitative estimate of drug-likeness (QED) is 0.863. The second-order valence-electron chi connectivity index (χ2n) is 4.39. The van der Waals surface area contributed by atoms with E-state index in [0.29, 0.717) is 5.56 Å². The lowest BCUT2D eigenvalue weighted by molar-refractivity contribution is 0.0925. The molecule has 2 N–H and O–H groups in total. The predicted octanol–water partition coefficient (Wildman–Crippen LogP) is 1.65. The van der Waals surface area contributed by atoms with Crippen LogP contribution in [0.5, 0.6) is 0 Å². The summed E-state index contributed by atoms with van der Waals surface area (Å²) in [5.41, 5.74) is 2.20. The van der Waals surface area contributed by atoms with Crippen molar-refractivity contribution < 1.29 is 9.90 Å². The molecule has 2 aromatic rings. The molecule has 1 aromatic heterocycles. The predicted molar refractivity (Wildman–Crippen MR) is 70.5 cm³/mol. The molecule has 2 rings (SSSR count). The molecule has 1 amide bonds. The molecule has 0 radical (unpaired) electrons. The minimum atomic E-state index is -0.553. The summed E-state index contributed by atoms with van der Waals surface area (Å²) in [6.45, 7) is 3.74.